The molecule has 0 atom stereocenters. The number of aryl methyl sites for hydroxylation is 3. The maximum Gasteiger partial charge on any atom is 0.0300 e. The Labute approximate surface area is 124 Å². The van der Waals surface area contributed by atoms with Crippen LogP contribution in [-0.2, 0) is 6.54 Å². The van der Waals surface area contributed by atoms with Gasteiger partial charge in [-0.25, -0.2) is 0 Å². The van der Waals surface area contributed by atoms with Gasteiger partial charge in [0.25, 0.3) is 0 Å². The van der Waals surface area contributed by atoms with Crippen molar-refractivity contribution in [3.8, 4) is 0 Å². The average Bonchev–Trinajstić information content (AvgIpc) is 2.79. The number of benzene rings is 1. The predicted octanol–water partition coefficient (Wildman–Crippen LogP) is 4.56. The van der Waals surface area contributed by atoms with Crippen molar-refractivity contribution >= 4 is 23.1 Å². The number of rotatable bonds is 6. The van der Waals surface area contributed by atoms with E-state index < -0.39 is 0 Å². The van der Waals surface area contributed by atoms with Gasteiger partial charge in [0.2, 0.25) is 0 Å². The molecule has 1 nitrogen and oxygen atoms in total. The van der Waals surface area contributed by atoms with Gasteiger partial charge < -0.3 is 5.32 Å². The number of nitrogens with one attached hydrogen (secondary N) is 1. The van der Waals surface area contributed by atoms with Crippen molar-refractivity contribution in [1.29, 1.82) is 0 Å². The van der Waals surface area contributed by atoms with Crippen LogP contribution in [0, 0.1) is 20.8 Å². The second-order valence-electron chi connectivity index (χ2n) is 4.81. The zero-order chi connectivity index (χ0) is 13.7. The molecule has 0 saturated heterocycles. The van der Waals surface area contributed by atoms with Crippen molar-refractivity contribution in [1.82, 2.24) is 5.32 Å². The van der Waals surface area contributed by atoms with Crippen LogP contribution in [-0.4, -0.2) is 12.3 Å². The summed E-state index contributed by atoms with van der Waals surface area (Å²) in [4.78, 5) is 4.23. The molecule has 0 aliphatic heterocycles. The minimum absolute atomic E-state index is 0.992. The van der Waals surface area contributed by atoms with Crippen LogP contribution >= 0.6 is 23.1 Å². The Morgan fingerprint density at radius 1 is 1.11 bits per heavy atom. The van der Waals surface area contributed by atoms with Crippen molar-refractivity contribution in [2.24, 2.45) is 0 Å². The summed E-state index contributed by atoms with van der Waals surface area (Å²) in [5.74, 6) is 1.12. The summed E-state index contributed by atoms with van der Waals surface area (Å²) in [6, 6.07) is 11.1. The van der Waals surface area contributed by atoms with Crippen molar-refractivity contribution in [3.63, 3.8) is 0 Å². The fraction of sp³-hybridized carbons (Fsp3) is 0.375. The first-order chi connectivity index (χ1) is 9.15. The van der Waals surface area contributed by atoms with Crippen LogP contribution in [0.1, 0.15) is 20.9 Å². The predicted molar refractivity (Wildman–Crippen MR) is 87.4 cm³/mol. The average molecular weight is 291 g/mol. The monoisotopic (exact) mass is 291 g/mol. The summed E-state index contributed by atoms with van der Waals surface area (Å²) >= 11 is 3.82. The van der Waals surface area contributed by atoms with Gasteiger partial charge in [-0.05, 0) is 44.5 Å². The van der Waals surface area contributed by atoms with Crippen LogP contribution in [0.15, 0.2) is 35.2 Å². The summed E-state index contributed by atoms with van der Waals surface area (Å²) in [6.07, 6.45) is 0. The normalized spacial score (nSPS) is 10.9. The van der Waals surface area contributed by atoms with Crippen LogP contribution in [0.3, 0.4) is 0 Å². The number of hydrogen-bond acceptors (Lipinski definition) is 3. The van der Waals surface area contributed by atoms with Crippen LogP contribution in [0.4, 0.5) is 0 Å². The highest BCUT2D eigenvalue weighted by Crippen LogP contribution is 2.23. The molecule has 3 heteroatoms. The van der Waals surface area contributed by atoms with Gasteiger partial charge in [0.15, 0.2) is 0 Å². The lowest BCUT2D eigenvalue weighted by atomic mass is 10.2. The van der Waals surface area contributed by atoms with E-state index in [0.29, 0.717) is 0 Å². The molecule has 0 radical (unpaired) electrons. The van der Waals surface area contributed by atoms with Crippen LogP contribution < -0.4 is 5.32 Å². The lowest BCUT2D eigenvalue weighted by molar-refractivity contribution is 0.741. The van der Waals surface area contributed by atoms with Crippen molar-refractivity contribution < 1.29 is 0 Å². The molecule has 0 fully saturated rings. The highest BCUT2D eigenvalue weighted by Gasteiger charge is 2.00. The summed E-state index contributed by atoms with van der Waals surface area (Å²) in [5.41, 5.74) is 2.72. The van der Waals surface area contributed by atoms with Crippen LogP contribution in [0.2, 0.25) is 0 Å². The van der Waals surface area contributed by atoms with E-state index in [-0.39, 0.29) is 0 Å². The topological polar surface area (TPSA) is 12.0 Å². The van der Waals surface area contributed by atoms with Crippen LogP contribution in [0.25, 0.3) is 0 Å². The zero-order valence-corrected chi connectivity index (χ0v) is 13.5. The quantitative estimate of drug-likeness (QED) is 0.619. The van der Waals surface area contributed by atoms with Crippen LogP contribution in [0.5, 0.6) is 0 Å². The second-order valence-corrected chi connectivity index (χ2v) is 7.32. The number of thioether (sulfide) groups is 1. The summed E-state index contributed by atoms with van der Waals surface area (Å²) in [5, 5.41) is 3.51. The first kappa shape index (κ1) is 14.6. The summed E-state index contributed by atoms with van der Waals surface area (Å²) in [6.45, 7) is 8.54. The van der Waals surface area contributed by atoms with Gasteiger partial charge in [-0.15, -0.1) is 23.1 Å². The first-order valence-corrected chi connectivity index (χ1v) is 8.41. The molecule has 0 bridgehead atoms. The molecule has 0 aliphatic carbocycles. The molecule has 0 aliphatic rings. The van der Waals surface area contributed by atoms with Crippen molar-refractivity contribution in [2.75, 3.05) is 12.3 Å². The van der Waals surface area contributed by atoms with E-state index in [0.717, 1.165) is 18.8 Å². The third kappa shape index (κ3) is 4.68. The van der Waals surface area contributed by atoms with Crippen molar-refractivity contribution in [3.05, 3.63) is 51.2 Å². The van der Waals surface area contributed by atoms with E-state index in [9.17, 15) is 0 Å². The fourth-order valence-electron chi connectivity index (χ4n) is 1.89. The van der Waals surface area contributed by atoms with Gasteiger partial charge in [0.1, 0.15) is 0 Å². The molecule has 2 aromatic rings. The Kier molecular flexibility index (Phi) is 5.49. The minimum atomic E-state index is 0.992. The number of hydrogen-bond donors (Lipinski definition) is 1. The fourth-order valence-corrected chi connectivity index (χ4v) is 3.78. The molecular formula is C16H21NS2. The lowest BCUT2D eigenvalue weighted by Gasteiger charge is -2.07. The Morgan fingerprint density at radius 2 is 1.95 bits per heavy atom. The van der Waals surface area contributed by atoms with E-state index in [1.807, 2.05) is 23.1 Å². The lowest BCUT2D eigenvalue weighted by Crippen LogP contribution is -2.15. The highest BCUT2D eigenvalue weighted by atomic mass is 32.2. The highest BCUT2D eigenvalue weighted by molar-refractivity contribution is 7.99. The molecule has 0 spiro atoms. The van der Waals surface area contributed by atoms with Gasteiger partial charge in [0, 0.05) is 33.5 Å². The van der Waals surface area contributed by atoms with Gasteiger partial charge in [0.05, 0.1) is 0 Å². The van der Waals surface area contributed by atoms with E-state index in [2.05, 4.69) is 56.4 Å². The van der Waals surface area contributed by atoms with Gasteiger partial charge in [-0.1, -0.05) is 17.7 Å². The second kappa shape index (κ2) is 7.13. The molecule has 2 rings (SSSR count). The Balaban J connectivity index is 1.70. The first-order valence-electron chi connectivity index (χ1n) is 6.61. The van der Waals surface area contributed by atoms with E-state index in [1.54, 1.807) is 0 Å². The zero-order valence-electron chi connectivity index (χ0n) is 11.8. The molecule has 1 N–H and O–H groups in total. The maximum atomic E-state index is 3.51. The molecule has 1 heterocycles. The summed E-state index contributed by atoms with van der Waals surface area (Å²) in [7, 11) is 0. The molecule has 102 valence electrons. The molecule has 19 heavy (non-hydrogen) atoms. The standard InChI is InChI=1S/C16H21NS2/c1-12-4-5-13(2)16(10-12)18-9-8-17-11-15-7-6-14(3)19-15/h4-7,10,17H,8-9,11H2,1-3H3. The Bertz CT molecular complexity index is 531. The Morgan fingerprint density at radius 3 is 2.68 bits per heavy atom. The van der Waals surface area contributed by atoms with E-state index in [4.69, 9.17) is 0 Å². The third-order valence-corrected chi connectivity index (χ3v) is 5.14. The van der Waals surface area contributed by atoms with E-state index in [1.165, 1.54) is 25.8 Å². The molecule has 1 aromatic carbocycles. The molecular weight excluding hydrogens is 270 g/mol. The van der Waals surface area contributed by atoms with Crippen molar-refractivity contribution in [2.45, 2.75) is 32.2 Å². The van der Waals surface area contributed by atoms with Gasteiger partial charge >= 0.3 is 0 Å². The van der Waals surface area contributed by atoms with E-state index >= 15 is 0 Å². The largest absolute Gasteiger partial charge is 0.311 e. The van der Waals surface area contributed by atoms with Gasteiger partial charge in [-0.2, -0.15) is 0 Å². The summed E-state index contributed by atoms with van der Waals surface area (Å²) < 4.78 is 0. The molecule has 0 unspecified atom stereocenters. The molecule has 0 amide bonds. The van der Waals surface area contributed by atoms with Gasteiger partial charge in [-0.3, -0.25) is 0 Å². The number of thiophene rings is 1. The Hall–Kier alpha value is -0.770. The molecule has 1 aromatic heterocycles. The maximum absolute atomic E-state index is 3.51. The smallest absolute Gasteiger partial charge is 0.0300 e. The SMILES string of the molecule is Cc1ccc(C)c(SCCNCc2ccc(C)s2)c1. The molecule has 0 saturated carbocycles. The third-order valence-electron chi connectivity index (χ3n) is 2.98. The minimum Gasteiger partial charge on any atom is -0.311 e.